The number of nitrogens with one attached hydrogen (secondary N) is 1. The molecule has 3 aromatic rings. The van der Waals surface area contributed by atoms with Gasteiger partial charge in [-0.3, -0.25) is 14.2 Å². The zero-order chi connectivity index (χ0) is 29.5. The van der Waals surface area contributed by atoms with Crippen molar-refractivity contribution in [3.63, 3.8) is 0 Å². The highest BCUT2D eigenvalue weighted by molar-refractivity contribution is 8.00. The molecular formula is C30H37N3O6SSi. The minimum absolute atomic E-state index is 0.0187. The van der Waals surface area contributed by atoms with E-state index in [1.54, 1.807) is 24.0 Å². The highest BCUT2D eigenvalue weighted by Gasteiger charge is 2.50. The third-order valence-electron chi connectivity index (χ3n) is 7.04. The van der Waals surface area contributed by atoms with Crippen LogP contribution >= 0.6 is 11.8 Å². The number of carbonyl (C=O) groups is 2. The molecule has 4 rings (SSSR count). The van der Waals surface area contributed by atoms with Crippen molar-refractivity contribution in [3.8, 4) is 0 Å². The molecule has 9 nitrogen and oxygen atoms in total. The summed E-state index contributed by atoms with van der Waals surface area (Å²) in [4.78, 5) is 39.5. The number of ether oxygens (including phenoxy) is 1. The van der Waals surface area contributed by atoms with Gasteiger partial charge in [-0.15, -0.1) is 11.8 Å². The number of unbranched alkanes of at least 4 members (excludes halogenated alkanes) is 1. The first kappa shape index (κ1) is 30.7. The van der Waals surface area contributed by atoms with Gasteiger partial charge in [0.05, 0.1) is 6.61 Å². The van der Waals surface area contributed by atoms with Crippen molar-refractivity contribution in [1.29, 1.82) is 0 Å². The zero-order valence-electron chi connectivity index (χ0n) is 23.6. The van der Waals surface area contributed by atoms with Crippen molar-refractivity contribution in [2.24, 2.45) is 0 Å². The molecule has 0 unspecified atom stereocenters. The SMILES string of the molecule is CC(C)(C)[Si](OC[C@H]1O[C@@H](n2ccc(NC(=O)CCCCC(=O)O)nc2=O)CS1)(c1ccccc1)c1ccccc1. The smallest absolute Gasteiger partial charge is 0.351 e. The predicted octanol–water partition coefficient (Wildman–Crippen LogP) is 3.99. The molecule has 0 saturated carbocycles. The largest absolute Gasteiger partial charge is 0.481 e. The van der Waals surface area contributed by atoms with E-state index in [2.05, 4.69) is 79.6 Å². The first-order valence-corrected chi connectivity index (χ1v) is 16.7. The topological polar surface area (TPSA) is 120 Å². The molecule has 2 aromatic carbocycles. The summed E-state index contributed by atoms with van der Waals surface area (Å²) < 4.78 is 14.7. The number of thioether (sulfide) groups is 1. The molecule has 1 aromatic heterocycles. The van der Waals surface area contributed by atoms with Gasteiger partial charge in [0.2, 0.25) is 5.91 Å². The standard InChI is InChI=1S/C30H37N3O6SSi/c1-30(2,3)41(22-12-6-4-7-13-22,23-14-8-5-9-15-23)38-20-28-39-26(21-40-28)33-19-18-24(32-29(33)37)31-25(34)16-10-11-17-27(35)36/h4-9,12-15,18-19,26,28H,10-11,16-17,20-21H2,1-3H3,(H,35,36)(H,31,32,34,37)/t26-,28+/m1/s1. The fourth-order valence-electron chi connectivity index (χ4n) is 5.10. The quantitative estimate of drug-likeness (QED) is 0.238. The van der Waals surface area contributed by atoms with Crippen LogP contribution in [0.2, 0.25) is 5.04 Å². The molecule has 1 saturated heterocycles. The van der Waals surface area contributed by atoms with E-state index in [4.69, 9.17) is 14.3 Å². The fraction of sp³-hybridized carbons (Fsp3) is 0.400. The number of aromatic nitrogens is 2. The molecule has 0 aliphatic carbocycles. The van der Waals surface area contributed by atoms with Crippen LogP contribution in [-0.4, -0.2) is 52.6 Å². The van der Waals surface area contributed by atoms with Crippen LogP contribution in [0.1, 0.15) is 52.7 Å². The Kier molecular flexibility index (Phi) is 10.2. The van der Waals surface area contributed by atoms with Gasteiger partial charge in [0.1, 0.15) is 17.5 Å². The molecule has 0 bridgehead atoms. The maximum atomic E-state index is 12.8. The fourth-order valence-corrected chi connectivity index (χ4v) is 10.8. The summed E-state index contributed by atoms with van der Waals surface area (Å²) in [5.74, 6) is -0.481. The molecule has 2 N–H and O–H groups in total. The Morgan fingerprint density at radius 3 is 2.22 bits per heavy atom. The number of aliphatic carboxylic acids is 1. The van der Waals surface area contributed by atoms with Crippen LogP contribution in [0.5, 0.6) is 0 Å². The molecule has 1 amide bonds. The summed E-state index contributed by atoms with van der Waals surface area (Å²) in [7, 11) is -2.71. The number of rotatable bonds is 12. The molecule has 2 heterocycles. The van der Waals surface area contributed by atoms with Crippen molar-refractivity contribution >= 4 is 48.1 Å². The van der Waals surface area contributed by atoms with E-state index in [0.29, 0.717) is 25.2 Å². The Morgan fingerprint density at radius 1 is 1.05 bits per heavy atom. The van der Waals surface area contributed by atoms with Crippen LogP contribution in [0.4, 0.5) is 5.82 Å². The number of carboxylic acids is 1. The number of hydrogen-bond acceptors (Lipinski definition) is 7. The highest BCUT2D eigenvalue weighted by Crippen LogP contribution is 2.38. The van der Waals surface area contributed by atoms with E-state index in [1.165, 1.54) is 14.9 Å². The lowest BCUT2D eigenvalue weighted by Gasteiger charge is -2.43. The van der Waals surface area contributed by atoms with Gasteiger partial charge < -0.3 is 19.6 Å². The maximum absolute atomic E-state index is 12.8. The molecule has 2 atom stereocenters. The van der Waals surface area contributed by atoms with Crippen molar-refractivity contribution in [1.82, 2.24) is 9.55 Å². The molecular weight excluding hydrogens is 558 g/mol. The van der Waals surface area contributed by atoms with Crippen LogP contribution < -0.4 is 21.4 Å². The van der Waals surface area contributed by atoms with E-state index in [-0.39, 0.29) is 35.0 Å². The summed E-state index contributed by atoms with van der Waals surface area (Å²) in [5, 5.41) is 13.5. The Morgan fingerprint density at radius 2 is 1.66 bits per heavy atom. The number of nitrogens with zero attached hydrogens (tertiary/aromatic N) is 2. The summed E-state index contributed by atoms with van der Waals surface area (Å²) in [6, 6.07) is 22.4. The normalized spacial score (nSPS) is 17.3. The molecule has 11 heteroatoms. The number of benzene rings is 2. The molecule has 1 fully saturated rings. The number of anilines is 1. The molecule has 1 aliphatic rings. The van der Waals surface area contributed by atoms with Crippen LogP contribution in [0.25, 0.3) is 0 Å². The first-order valence-electron chi connectivity index (χ1n) is 13.7. The second-order valence-electron chi connectivity index (χ2n) is 11.0. The van der Waals surface area contributed by atoms with E-state index in [9.17, 15) is 14.4 Å². The Bertz CT molecular complexity index is 1340. The lowest BCUT2D eigenvalue weighted by Crippen LogP contribution is -2.67. The van der Waals surface area contributed by atoms with Gasteiger partial charge in [0.15, 0.2) is 0 Å². The Balaban J connectivity index is 1.42. The number of carboxylic acid groups (broad SMARTS) is 1. The molecule has 0 spiro atoms. The lowest BCUT2D eigenvalue weighted by atomic mass is 10.2. The van der Waals surface area contributed by atoms with Gasteiger partial charge in [-0.25, -0.2) is 4.79 Å². The number of carbonyl (C=O) groups excluding carboxylic acids is 1. The summed E-state index contributed by atoms with van der Waals surface area (Å²) in [6.07, 6.45) is 2.10. The zero-order valence-corrected chi connectivity index (χ0v) is 25.4. The molecule has 1 aliphatic heterocycles. The minimum Gasteiger partial charge on any atom is -0.481 e. The van der Waals surface area contributed by atoms with Gasteiger partial charge in [-0.1, -0.05) is 81.4 Å². The number of amides is 1. The summed E-state index contributed by atoms with van der Waals surface area (Å²) >= 11 is 1.60. The van der Waals surface area contributed by atoms with E-state index in [0.717, 1.165) is 0 Å². The van der Waals surface area contributed by atoms with Gasteiger partial charge in [0, 0.05) is 24.8 Å². The average Bonchev–Trinajstić information content (AvgIpc) is 3.40. The second-order valence-corrected chi connectivity index (χ2v) is 16.5. The van der Waals surface area contributed by atoms with Gasteiger partial charge >= 0.3 is 11.7 Å². The second kappa shape index (κ2) is 13.6. The number of hydrogen-bond donors (Lipinski definition) is 2. The summed E-state index contributed by atoms with van der Waals surface area (Å²) in [6.45, 7) is 7.05. The average molecular weight is 596 g/mol. The van der Waals surface area contributed by atoms with Crippen molar-refractivity contribution in [3.05, 3.63) is 83.4 Å². The Hall–Kier alpha value is -3.25. The molecule has 41 heavy (non-hydrogen) atoms. The van der Waals surface area contributed by atoms with Gasteiger partial charge in [-0.05, 0) is 34.3 Å². The lowest BCUT2D eigenvalue weighted by molar-refractivity contribution is -0.137. The van der Waals surface area contributed by atoms with E-state index < -0.39 is 26.2 Å². The first-order chi connectivity index (χ1) is 19.6. The molecule has 218 valence electrons. The monoisotopic (exact) mass is 595 g/mol. The van der Waals surface area contributed by atoms with Gasteiger partial charge in [-0.2, -0.15) is 4.98 Å². The predicted molar refractivity (Wildman–Crippen MR) is 163 cm³/mol. The maximum Gasteiger partial charge on any atom is 0.351 e. The Labute approximate surface area is 245 Å². The van der Waals surface area contributed by atoms with Crippen LogP contribution in [0.3, 0.4) is 0 Å². The summed E-state index contributed by atoms with van der Waals surface area (Å²) in [5.41, 5.74) is -0.786. The third kappa shape index (κ3) is 7.53. The van der Waals surface area contributed by atoms with Crippen LogP contribution in [-0.2, 0) is 18.8 Å². The van der Waals surface area contributed by atoms with Crippen molar-refractivity contribution in [2.45, 2.75) is 63.2 Å². The third-order valence-corrected chi connectivity index (χ3v) is 13.1. The minimum atomic E-state index is -2.71. The highest BCUT2D eigenvalue weighted by atomic mass is 32.2. The molecule has 0 radical (unpaired) electrons. The van der Waals surface area contributed by atoms with E-state index in [1.807, 2.05) is 12.1 Å². The van der Waals surface area contributed by atoms with Crippen molar-refractivity contribution in [2.75, 3.05) is 17.7 Å². The van der Waals surface area contributed by atoms with Crippen LogP contribution in [0.15, 0.2) is 77.7 Å². The van der Waals surface area contributed by atoms with Gasteiger partial charge in [0.25, 0.3) is 8.32 Å². The van der Waals surface area contributed by atoms with Crippen LogP contribution in [0, 0.1) is 0 Å². The van der Waals surface area contributed by atoms with E-state index >= 15 is 0 Å². The van der Waals surface area contributed by atoms with Crippen molar-refractivity contribution < 1.29 is 23.9 Å².